The molecule has 0 aliphatic rings. The van der Waals surface area contributed by atoms with Gasteiger partial charge in [-0.1, -0.05) is 5.92 Å². The molecule has 0 fully saturated rings. The molecule has 0 saturated carbocycles. The Bertz CT molecular complexity index is 138. The van der Waals surface area contributed by atoms with E-state index >= 15 is 0 Å². The molecule has 0 unspecified atom stereocenters. The molecule has 0 aromatic rings. The van der Waals surface area contributed by atoms with Gasteiger partial charge in [0.2, 0.25) is 0 Å². The fourth-order valence-corrected chi connectivity index (χ4v) is 0.256. The Kier molecular flexibility index (Phi) is 3.25. The average molecular weight is 129 g/mol. The lowest BCUT2D eigenvalue weighted by Gasteiger charge is -2.07. The summed E-state index contributed by atoms with van der Waals surface area (Å²) in [4.78, 5) is 10.3. The molecule has 0 aromatic heterocycles. The molecular formula is C5H7NO3. The van der Waals surface area contributed by atoms with Gasteiger partial charge < -0.3 is 4.74 Å². The number of methoxy groups -OCH3 is 1. The average Bonchev–Trinajstić information content (AvgIpc) is 1.87. The molecule has 0 aliphatic carbocycles. The summed E-state index contributed by atoms with van der Waals surface area (Å²) in [5.41, 5.74) is 0. The summed E-state index contributed by atoms with van der Waals surface area (Å²) >= 11 is 0. The molecule has 9 heavy (non-hydrogen) atoms. The zero-order valence-corrected chi connectivity index (χ0v) is 5.00. The maximum Gasteiger partial charge on any atom is 0.434 e. The first-order valence-corrected chi connectivity index (χ1v) is 2.20. The van der Waals surface area contributed by atoms with Crippen molar-refractivity contribution in [1.82, 2.24) is 5.06 Å². The summed E-state index contributed by atoms with van der Waals surface area (Å²) in [5.74, 6) is 2.06. The van der Waals surface area contributed by atoms with Crippen molar-refractivity contribution in [3.05, 3.63) is 0 Å². The van der Waals surface area contributed by atoms with Crippen LogP contribution in [0.2, 0.25) is 0 Å². The Morgan fingerprint density at radius 1 is 2.00 bits per heavy atom. The standard InChI is InChI=1S/C5H7NO3/c1-3-4-6(8)5(7)9-2/h1,8H,4H2,2H3. The summed E-state index contributed by atoms with van der Waals surface area (Å²) in [6, 6.07) is 0. The number of rotatable bonds is 1. The van der Waals surface area contributed by atoms with Crippen LogP contribution in [0.5, 0.6) is 0 Å². The molecule has 0 bridgehead atoms. The zero-order valence-electron chi connectivity index (χ0n) is 5.00. The first-order chi connectivity index (χ1) is 4.22. The van der Waals surface area contributed by atoms with E-state index in [0.29, 0.717) is 5.06 Å². The fraction of sp³-hybridized carbons (Fsp3) is 0.400. The van der Waals surface area contributed by atoms with Gasteiger partial charge in [0, 0.05) is 0 Å². The molecule has 0 radical (unpaired) electrons. The largest absolute Gasteiger partial charge is 0.451 e. The van der Waals surface area contributed by atoms with Crippen molar-refractivity contribution < 1.29 is 14.7 Å². The highest BCUT2D eigenvalue weighted by atomic mass is 16.6. The van der Waals surface area contributed by atoms with Crippen molar-refractivity contribution in [3.8, 4) is 12.3 Å². The van der Waals surface area contributed by atoms with Crippen LogP contribution < -0.4 is 0 Å². The van der Waals surface area contributed by atoms with Crippen LogP contribution in [0.4, 0.5) is 4.79 Å². The Hall–Kier alpha value is -1.21. The molecule has 0 saturated heterocycles. The van der Waals surface area contributed by atoms with E-state index in [-0.39, 0.29) is 6.54 Å². The molecule has 0 aromatic carbocycles. The predicted octanol–water partition coefficient (Wildman–Crippen LogP) is 0.0772. The highest BCUT2D eigenvalue weighted by molar-refractivity contribution is 5.66. The van der Waals surface area contributed by atoms with Gasteiger partial charge in [-0.05, 0) is 0 Å². The number of carbonyl (C=O) groups is 1. The van der Waals surface area contributed by atoms with Gasteiger partial charge >= 0.3 is 6.09 Å². The second-order valence-electron chi connectivity index (χ2n) is 1.23. The van der Waals surface area contributed by atoms with Gasteiger partial charge in [0.1, 0.15) is 6.54 Å². The summed E-state index contributed by atoms with van der Waals surface area (Å²) in [7, 11) is 1.15. The predicted molar refractivity (Wildman–Crippen MR) is 29.7 cm³/mol. The quantitative estimate of drug-likeness (QED) is 0.310. The number of nitrogens with zero attached hydrogens (tertiary/aromatic N) is 1. The number of amides is 1. The third-order valence-corrected chi connectivity index (χ3v) is 0.626. The minimum absolute atomic E-state index is 0.160. The first-order valence-electron chi connectivity index (χ1n) is 2.20. The van der Waals surface area contributed by atoms with Crippen molar-refractivity contribution in [2.45, 2.75) is 0 Å². The molecule has 4 nitrogen and oxygen atoms in total. The Morgan fingerprint density at radius 3 is 2.89 bits per heavy atom. The van der Waals surface area contributed by atoms with E-state index in [9.17, 15) is 4.79 Å². The van der Waals surface area contributed by atoms with E-state index in [1.54, 1.807) is 0 Å². The fourth-order valence-electron chi connectivity index (χ4n) is 0.256. The van der Waals surface area contributed by atoms with Gasteiger partial charge in [-0.3, -0.25) is 5.21 Å². The zero-order chi connectivity index (χ0) is 7.28. The Balaban J connectivity index is 3.62. The number of terminal acetylenes is 1. The van der Waals surface area contributed by atoms with Crippen LogP contribution >= 0.6 is 0 Å². The molecular weight excluding hydrogens is 122 g/mol. The lowest BCUT2D eigenvalue weighted by Crippen LogP contribution is -2.27. The molecule has 0 heterocycles. The summed E-state index contributed by atoms with van der Waals surface area (Å²) in [5, 5.41) is 8.84. The second-order valence-corrected chi connectivity index (χ2v) is 1.23. The van der Waals surface area contributed by atoms with Crippen LogP contribution in [0.25, 0.3) is 0 Å². The number of ether oxygens (including phenoxy) is 1. The highest BCUT2D eigenvalue weighted by Crippen LogP contribution is 1.83. The van der Waals surface area contributed by atoms with E-state index in [4.69, 9.17) is 11.6 Å². The van der Waals surface area contributed by atoms with Gasteiger partial charge in [-0.25, -0.2) is 4.79 Å². The lowest BCUT2D eigenvalue weighted by molar-refractivity contribution is -0.0583. The number of hydrogen-bond acceptors (Lipinski definition) is 3. The number of hydroxylamine groups is 2. The molecule has 1 N–H and O–H groups in total. The summed E-state index contributed by atoms with van der Waals surface area (Å²) in [6.45, 7) is -0.160. The van der Waals surface area contributed by atoms with Crippen LogP contribution in [0, 0.1) is 12.3 Å². The molecule has 1 amide bonds. The van der Waals surface area contributed by atoms with Gasteiger partial charge in [-0.2, -0.15) is 5.06 Å². The summed E-state index contributed by atoms with van der Waals surface area (Å²) in [6.07, 6.45) is 3.91. The van der Waals surface area contributed by atoms with E-state index in [2.05, 4.69) is 10.7 Å². The van der Waals surface area contributed by atoms with Crippen molar-refractivity contribution in [3.63, 3.8) is 0 Å². The van der Waals surface area contributed by atoms with E-state index in [0.717, 1.165) is 7.11 Å². The molecule has 0 spiro atoms. The topological polar surface area (TPSA) is 49.8 Å². The maximum atomic E-state index is 10.3. The second kappa shape index (κ2) is 3.75. The minimum atomic E-state index is -0.854. The SMILES string of the molecule is C#CCN(O)C(=O)OC. The Labute approximate surface area is 53.0 Å². The van der Waals surface area contributed by atoms with Crippen LogP contribution in [0.3, 0.4) is 0 Å². The van der Waals surface area contributed by atoms with Gasteiger partial charge in [0.25, 0.3) is 0 Å². The van der Waals surface area contributed by atoms with Crippen molar-refractivity contribution in [2.24, 2.45) is 0 Å². The van der Waals surface area contributed by atoms with Crippen molar-refractivity contribution in [2.75, 3.05) is 13.7 Å². The number of carbonyl (C=O) groups excluding carboxylic acids is 1. The Morgan fingerprint density at radius 2 is 2.56 bits per heavy atom. The van der Waals surface area contributed by atoms with Crippen LogP contribution in [0.15, 0.2) is 0 Å². The van der Waals surface area contributed by atoms with Crippen LogP contribution in [-0.4, -0.2) is 30.0 Å². The van der Waals surface area contributed by atoms with Crippen molar-refractivity contribution >= 4 is 6.09 Å². The first kappa shape index (κ1) is 7.79. The monoisotopic (exact) mass is 129 g/mol. The van der Waals surface area contributed by atoms with E-state index in [1.165, 1.54) is 0 Å². The van der Waals surface area contributed by atoms with Crippen LogP contribution in [-0.2, 0) is 4.74 Å². The highest BCUT2D eigenvalue weighted by Gasteiger charge is 2.06. The summed E-state index contributed by atoms with van der Waals surface area (Å²) < 4.78 is 4.11. The molecule has 4 heteroatoms. The van der Waals surface area contributed by atoms with E-state index in [1.807, 2.05) is 0 Å². The molecule has 0 rings (SSSR count). The van der Waals surface area contributed by atoms with Gasteiger partial charge in [0.15, 0.2) is 0 Å². The van der Waals surface area contributed by atoms with Gasteiger partial charge in [-0.15, -0.1) is 6.42 Å². The smallest absolute Gasteiger partial charge is 0.434 e. The molecule has 0 aliphatic heterocycles. The maximum absolute atomic E-state index is 10.3. The number of hydrogen-bond donors (Lipinski definition) is 1. The molecule has 0 atom stereocenters. The van der Waals surface area contributed by atoms with Gasteiger partial charge in [0.05, 0.1) is 7.11 Å². The lowest BCUT2D eigenvalue weighted by atomic mass is 10.7. The van der Waals surface area contributed by atoms with E-state index < -0.39 is 6.09 Å². The normalized spacial score (nSPS) is 7.67. The third kappa shape index (κ3) is 2.57. The minimum Gasteiger partial charge on any atom is -0.451 e. The van der Waals surface area contributed by atoms with Crippen LogP contribution in [0.1, 0.15) is 0 Å². The molecule has 50 valence electrons. The van der Waals surface area contributed by atoms with Crippen molar-refractivity contribution in [1.29, 1.82) is 0 Å². The third-order valence-electron chi connectivity index (χ3n) is 0.626.